The van der Waals surface area contributed by atoms with Crippen molar-refractivity contribution in [3.05, 3.63) is 64.4 Å². The zero-order valence-electron chi connectivity index (χ0n) is 16.4. The summed E-state index contributed by atoms with van der Waals surface area (Å²) in [6, 6.07) is 15.4. The molecule has 2 aromatic carbocycles. The molecule has 0 unspecified atom stereocenters. The molecule has 30 heavy (non-hydrogen) atoms. The molecule has 4 rings (SSSR count). The Morgan fingerprint density at radius 3 is 2.57 bits per heavy atom. The van der Waals surface area contributed by atoms with E-state index in [2.05, 4.69) is 25.0 Å². The molecule has 1 aliphatic rings. The molecule has 2 heterocycles. The number of hydrogen-bond acceptors (Lipinski definition) is 6. The van der Waals surface area contributed by atoms with Crippen LogP contribution in [0.5, 0.6) is 0 Å². The summed E-state index contributed by atoms with van der Waals surface area (Å²) in [5.74, 6) is 1.75. The van der Waals surface area contributed by atoms with Gasteiger partial charge in [-0.1, -0.05) is 41.0 Å². The van der Waals surface area contributed by atoms with Crippen molar-refractivity contribution >= 4 is 40.7 Å². The van der Waals surface area contributed by atoms with Crippen molar-refractivity contribution in [2.75, 3.05) is 43.9 Å². The van der Waals surface area contributed by atoms with Crippen LogP contribution in [-0.4, -0.2) is 58.3 Å². The highest BCUT2D eigenvalue weighted by atomic mass is 35.5. The van der Waals surface area contributed by atoms with Crippen LogP contribution in [0.3, 0.4) is 0 Å². The Bertz CT molecular complexity index is 960. The molecule has 0 spiro atoms. The molecule has 0 bridgehead atoms. The largest absolute Gasteiger partial charge is 0.379 e. The molecule has 1 aliphatic heterocycles. The summed E-state index contributed by atoms with van der Waals surface area (Å²) < 4.78 is 7.49. The maximum Gasteiger partial charge on any atom is 0.195 e. The van der Waals surface area contributed by atoms with E-state index in [1.54, 1.807) is 11.8 Å². The standard InChI is InChI=1S/C21H23Cl2N5OS/c22-16-4-6-18(7-5-16)24-15-20-25-26-21(28(20)19-3-1-2-17(23)14-19)30-13-10-27-8-11-29-12-9-27/h1-7,14,24H,8-13,15H2. The zero-order valence-corrected chi connectivity index (χ0v) is 18.8. The third kappa shape index (κ3) is 5.68. The van der Waals surface area contributed by atoms with Crippen LogP contribution in [0, 0.1) is 0 Å². The van der Waals surface area contributed by atoms with Crippen molar-refractivity contribution in [2.45, 2.75) is 11.7 Å². The molecule has 3 aromatic rings. The normalized spacial score (nSPS) is 14.7. The van der Waals surface area contributed by atoms with Crippen molar-refractivity contribution in [2.24, 2.45) is 0 Å². The Morgan fingerprint density at radius 2 is 1.80 bits per heavy atom. The third-order valence-corrected chi connectivity index (χ3v) is 6.20. The van der Waals surface area contributed by atoms with E-state index in [0.29, 0.717) is 16.6 Å². The van der Waals surface area contributed by atoms with E-state index in [0.717, 1.165) is 61.0 Å². The Labute approximate surface area is 190 Å². The molecule has 1 aromatic heterocycles. The highest BCUT2D eigenvalue weighted by Gasteiger charge is 2.16. The van der Waals surface area contributed by atoms with E-state index in [1.807, 2.05) is 48.5 Å². The summed E-state index contributed by atoms with van der Waals surface area (Å²) in [6.07, 6.45) is 0. The summed E-state index contributed by atoms with van der Waals surface area (Å²) in [5, 5.41) is 14.5. The molecule has 1 N–H and O–H groups in total. The van der Waals surface area contributed by atoms with E-state index in [-0.39, 0.29) is 0 Å². The first-order valence-corrected chi connectivity index (χ1v) is 11.6. The van der Waals surface area contributed by atoms with Gasteiger partial charge in [-0.05, 0) is 42.5 Å². The van der Waals surface area contributed by atoms with Gasteiger partial charge in [0.1, 0.15) is 0 Å². The lowest BCUT2D eigenvalue weighted by atomic mass is 10.3. The SMILES string of the molecule is Clc1ccc(NCc2nnc(SCCN3CCOCC3)n2-c2cccc(Cl)c2)cc1. The van der Waals surface area contributed by atoms with E-state index in [9.17, 15) is 0 Å². The summed E-state index contributed by atoms with van der Waals surface area (Å²) >= 11 is 13.9. The number of rotatable bonds is 8. The second-order valence-electron chi connectivity index (χ2n) is 6.88. The van der Waals surface area contributed by atoms with Crippen molar-refractivity contribution in [1.82, 2.24) is 19.7 Å². The maximum absolute atomic E-state index is 6.25. The lowest BCUT2D eigenvalue weighted by molar-refractivity contribution is 0.0410. The fourth-order valence-corrected chi connectivity index (χ4v) is 4.50. The number of ether oxygens (including phenoxy) is 1. The summed E-state index contributed by atoms with van der Waals surface area (Å²) in [4.78, 5) is 2.42. The molecule has 0 aliphatic carbocycles. The van der Waals surface area contributed by atoms with E-state index in [1.165, 1.54) is 0 Å². The van der Waals surface area contributed by atoms with Gasteiger partial charge in [0, 0.05) is 41.1 Å². The van der Waals surface area contributed by atoms with Gasteiger partial charge in [0.15, 0.2) is 11.0 Å². The number of thioether (sulfide) groups is 1. The highest BCUT2D eigenvalue weighted by molar-refractivity contribution is 7.99. The Kier molecular flexibility index (Phi) is 7.52. The number of aromatic nitrogens is 3. The minimum absolute atomic E-state index is 0.533. The fourth-order valence-electron chi connectivity index (χ4n) is 3.22. The van der Waals surface area contributed by atoms with Crippen LogP contribution < -0.4 is 5.32 Å². The number of morpholine rings is 1. The summed E-state index contributed by atoms with van der Waals surface area (Å²) in [6.45, 7) is 5.11. The zero-order chi connectivity index (χ0) is 20.8. The van der Waals surface area contributed by atoms with Gasteiger partial charge in [0.2, 0.25) is 0 Å². The molecular weight excluding hydrogens is 441 g/mol. The van der Waals surface area contributed by atoms with Crippen LogP contribution in [0.15, 0.2) is 53.7 Å². The van der Waals surface area contributed by atoms with Crippen LogP contribution in [0.2, 0.25) is 10.0 Å². The molecule has 0 saturated carbocycles. The fraction of sp³-hybridized carbons (Fsp3) is 0.333. The first-order valence-electron chi connectivity index (χ1n) is 9.81. The highest BCUT2D eigenvalue weighted by Crippen LogP contribution is 2.25. The minimum atomic E-state index is 0.533. The number of halogens is 2. The van der Waals surface area contributed by atoms with Crippen LogP contribution in [-0.2, 0) is 11.3 Å². The topological polar surface area (TPSA) is 55.2 Å². The second kappa shape index (κ2) is 10.5. The lowest BCUT2D eigenvalue weighted by Crippen LogP contribution is -2.37. The van der Waals surface area contributed by atoms with Gasteiger partial charge in [-0.25, -0.2) is 0 Å². The molecule has 158 valence electrons. The van der Waals surface area contributed by atoms with Gasteiger partial charge in [0.05, 0.1) is 25.4 Å². The average molecular weight is 464 g/mol. The van der Waals surface area contributed by atoms with Crippen molar-refractivity contribution in [1.29, 1.82) is 0 Å². The molecule has 0 amide bonds. The van der Waals surface area contributed by atoms with Crippen molar-refractivity contribution in [3.8, 4) is 5.69 Å². The molecule has 0 radical (unpaired) electrons. The van der Waals surface area contributed by atoms with Crippen molar-refractivity contribution in [3.63, 3.8) is 0 Å². The van der Waals surface area contributed by atoms with Gasteiger partial charge in [0.25, 0.3) is 0 Å². The number of nitrogens with zero attached hydrogens (tertiary/aromatic N) is 4. The summed E-state index contributed by atoms with van der Waals surface area (Å²) in [5.41, 5.74) is 1.93. The predicted molar refractivity (Wildman–Crippen MR) is 123 cm³/mol. The van der Waals surface area contributed by atoms with E-state index in [4.69, 9.17) is 27.9 Å². The second-order valence-corrected chi connectivity index (χ2v) is 8.81. The monoisotopic (exact) mass is 463 g/mol. The number of nitrogens with one attached hydrogen (secondary N) is 1. The Balaban J connectivity index is 1.49. The summed E-state index contributed by atoms with van der Waals surface area (Å²) in [7, 11) is 0. The Hall–Kier alpha value is -1.77. The van der Waals surface area contributed by atoms with Crippen LogP contribution in [0.25, 0.3) is 5.69 Å². The van der Waals surface area contributed by atoms with Gasteiger partial charge < -0.3 is 10.1 Å². The molecular formula is C21H23Cl2N5OS. The van der Waals surface area contributed by atoms with Gasteiger partial charge in [-0.15, -0.1) is 10.2 Å². The lowest BCUT2D eigenvalue weighted by Gasteiger charge is -2.26. The molecule has 1 fully saturated rings. The molecule has 1 saturated heterocycles. The molecule has 9 heteroatoms. The quantitative estimate of drug-likeness (QED) is 0.492. The minimum Gasteiger partial charge on any atom is -0.379 e. The first-order chi connectivity index (χ1) is 14.7. The van der Waals surface area contributed by atoms with Crippen LogP contribution >= 0.6 is 35.0 Å². The average Bonchev–Trinajstić information content (AvgIpc) is 3.17. The van der Waals surface area contributed by atoms with Gasteiger partial charge in [-0.3, -0.25) is 9.47 Å². The van der Waals surface area contributed by atoms with Crippen LogP contribution in [0.1, 0.15) is 5.82 Å². The smallest absolute Gasteiger partial charge is 0.195 e. The predicted octanol–water partition coefficient (Wildman–Crippen LogP) is 4.61. The third-order valence-electron chi connectivity index (χ3n) is 4.80. The maximum atomic E-state index is 6.25. The van der Waals surface area contributed by atoms with Crippen molar-refractivity contribution < 1.29 is 4.74 Å². The van der Waals surface area contributed by atoms with Gasteiger partial charge in [-0.2, -0.15) is 0 Å². The first kappa shape index (κ1) is 21.5. The Morgan fingerprint density at radius 1 is 1.00 bits per heavy atom. The molecule has 0 atom stereocenters. The molecule has 6 nitrogen and oxygen atoms in total. The number of benzene rings is 2. The van der Waals surface area contributed by atoms with E-state index < -0.39 is 0 Å². The number of anilines is 1. The van der Waals surface area contributed by atoms with Gasteiger partial charge >= 0.3 is 0 Å². The van der Waals surface area contributed by atoms with Crippen LogP contribution in [0.4, 0.5) is 5.69 Å². The van der Waals surface area contributed by atoms with E-state index >= 15 is 0 Å². The number of hydrogen-bond donors (Lipinski definition) is 1.